The number of phosphoric acid groups is 1. The van der Waals surface area contributed by atoms with Gasteiger partial charge >= 0.3 is 0 Å². The van der Waals surface area contributed by atoms with Crippen molar-refractivity contribution in [3.8, 4) is 5.75 Å². The van der Waals surface area contributed by atoms with Gasteiger partial charge in [-0.3, -0.25) is 0 Å². The highest BCUT2D eigenvalue weighted by molar-refractivity contribution is 7.43. The molecule has 1 rings (SSSR count). The van der Waals surface area contributed by atoms with E-state index < -0.39 is 19.8 Å². The second-order valence-corrected chi connectivity index (χ2v) is 4.48. The number of quaternary nitrogens is 1. The predicted molar refractivity (Wildman–Crippen MR) is 50.1 cm³/mol. The van der Waals surface area contributed by atoms with E-state index in [2.05, 4.69) is 10.3 Å². The van der Waals surface area contributed by atoms with Gasteiger partial charge in [-0.2, -0.15) is 0 Å². The first-order chi connectivity index (χ1) is 7.78. The summed E-state index contributed by atoms with van der Waals surface area (Å²) in [7, 11) is -5.06. The summed E-state index contributed by atoms with van der Waals surface area (Å²) >= 11 is 0. The Balaban J connectivity index is 2.68. The summed E-state index contributed by atoms with van der Waals surface area (Å²) < 4.78 is 14.4. The van der Waals surface area contributed by atoms with E-state index in [-0.39, 0.29) is 12.2 Å². The molecule has 0 saturated heterocycles. The van der Waals surface area contributed by atoms with Crippen molar-refractivity contribution < 1.29 is 34.5 Å². The maximum absolute atomic E-state index is 10.4. The van der Waals surface area contributed by atoms with Gasteiger partial charge in [0.25, 0.3) is 0 Å². The number of hydrogen-bond acceptors (Lipinski definition) is 6. The molecule has 0 aliphatic heterocycles. The van der Waals surface area contributed by atoms with Crippen molar-refractivity contribution in [3.63, 3.8) is 0 Å². The molecule has 0 aliphatic carbocycles. The van der Waals surface area contributed by atoms with Crippen LogP contribution in [0.25, 0.3) is 0 Å². The molecule has 0 unspecified atom stereocenters. The summed E-state index contributed by atoms with van der Waals surface area (Å²) in [6.07, 6.45) is 0.148. The van der Waals surface area contributed by atoms with Gasteiger partial charge in [0.05, 0.1) is 5.97 Å². The third kappa shape index (κ3) is 4.97. The molecule has 17 heavy (non-hydrogen) atoms. The van der Waals surface area contributed by atoms with Crippen LogP contribution in [0.4, 0.5) is 0 Å². The number of benzene rings is 1. The van der Waals surface area contributed by atoms with Crippen LogP contribution < -0.4 is 25.2 Å². The fourth-order valence-corrected chi connectivity index (χ4v) is 1.56. The van der Waals surface area contributed by atoms with Crippen LogP contribution in [0.1, 0.15) is 5.56 Å². The Morgan fingerprint density at radius 3 is 2.29 bits per heavy atom. The van der Waals surface area contributed by atoms with E-state index in [1.165, 1.54) is 24.3 Å². The smallest absolute Gasteiger partial charge is 0.129 e. The van der Waals surface area contributed by atoms with E-state index in [1.807, 2.05) is 0 Å². The molecular weight excluding hydrogens is 249 g/mol. The minimum Gasteiger partial charge on any atom is -0.780 e. The fraction of sp³-hybridized carbons (Fsp3) is 0.222. The lowest BCUT2D eigenvalue weighted by molar-refractivity contribution is -0.437. The molecule has 1 aromatic rings. The van der Waals surface area contributed by atoms with E-state index >= 15 is 0 Å². The molecule has 0 aromatic heterocycles. The van der Waals surface area contributed by atoms with Gasteiger partial charge in [-0.1, -0.05) is 12.1 Å². The zero-order valence-electron chi connectivity index (χ0n) is 8.70. The van der Waals surface area contributed by atoms with Crippen molar-refractivity contribution in [2.24, 2.45) is 0 Å². The molecule has 7 nitrogen and oxygen atoms in total. The topological polar surface area (TPSA) is 140 Å². The quantitative estimate of drug-likeness (QED) is 0.552. The third-order valence-corrected chi connectivity index (χ3v) is 2.39. The van der Waals surface area contributed by atoms with Crippen molar-refractivity contribution >= 4 is 13.8 Å². The average molecular weight is 259 g/mol. The van der Waals surface area contributed by atoms with Crippen molar-refractivity contribution in [2.45, 2.75) is 12.5 Å². The molecule has 3 N–H and O–H groups in total. The van der Waals surface area contributed by atoms with Crippen molar-refractivity contribution in [1.82, 2.24) is 0 Å². The summed E-state index contributed by atoms with van der Waals surface area (Å²) in [5, 5.41) is 10.4. The Kier molecular flexibility index (Phi) is 4.25. The van der Waals surface area contributed by atoms with Crippen LogP contribution in [0, 0.1) is 0 Å². The van der Waals surface area contributed by atoms with E-state index in [0.29, 0.717) is 5.56 Å². The Bertz CT molecular complexity index is 439. The molecule has 0 bridgehead atoms. The molecule has 0 aliphatic rings. The van der Waals surface area contributed by atoms with Gasteiger partial charge < -0.3 is 34.5 Å². The van der Waals surface area contributed by atoms with Crippen molar-refractivity contribution in [2.75, 3.05) is 0 Å². The second kappa shape index (κ2) is 5.29. The van der Waals surface area contributed by atoms with Gasteiger partial charge in [0, 0.05) is 6.42 Å². The van der Waals surface area contributed by atoms with Crippen LogP contribution in [0.2, 0.25) is 0 Å². The highest BCUT2D eigenvalue weighted by atomic mass is 31.2. The number of phosphoric ester groups is 1. The highest BCUT2D eigenvalue weighted by Crippen LogP contribution is 2.28. The van der Waals surface area contributed by atoms with Gasteiger partial charge in [0.15, 0.2) is 0 Å². The Hall–Kier alpha value is -1.40. The van der Waals surface area contributed by atoms with Crippen molar-refractivity contribution in [1.29, 1.82) is 0 Å². The van der Waals surface area contributed by atoms with Crippen LogP contribution in [-0.2, 0) is 15.8 Å². The number of carboxylic acid groups (broad SMARTS) is 1. The minimum absolute atomic E-state index is 0.115. The van der Waals surface area contributed by atoms with Gasteiger partial charge in [-0.15, -0.1) is 0 Å². The Morgan fingerprint density at radius 1 is 1.35 bits per heavy atom. The van der Waals surface area contributed by atoms with Crippen molar-refractivity contribution in [3.05, 3.63) is 29.8 Å². The molecule has 0 heterocycles. The SMILES string of the molecule is [NH3+][C@H](Cc1ccc(OP(=O)([O-])[O-])cc1)C(=O)[O-]. The number of carboxylic acids is 1. The first-order valence-electron chi connectivity index (χ1n) is 4.62. The summed E-state index contributed by atoms with van der Waals surface area (Å²) in [5.41, 5.74) is 4.00. The molecule has 0 spiro atoms. The largest absolute Gasteiger partial charge is 0.780 e. The van der Waals surface area contributed by atoms with Gasteiger partial charge in [-0.05, 0) is 17.7 Å². The second-order valence-electron chi connectivity index (χ2n) is 3.40. The van der Waals surface area contributed by atoms with Crippen LogP contribution in [-0.4, -0.2) is 12.0 Å². The normalized spacial score (nSPS) is 13.1. The van der Waals surface area contributed by atoms with Gasteiger partial charge in [-0.25, -0.2) is 0 Å². The minimum atomic E-state index is -5.06. The maximum atomic E-state index is 10.4. The molecule has 0 fully saturated rings. The first-order valence-corrected chi connectivity index (χ1v) is 6.08. The average Bonchev–Trinajstić information content (AvgIpc) is 2.18. The molecule has 1 atom stereocenters. The molecule has 0 radical (unpaired) electrons. The monoisotopic (exact) mass is 259 g/mol. The highest BCUT2D eigenvalue weighted by Gasteiger charge is 2.08. The lowest BCUT2D eigenvalue weighted by atomic mass is 10.1. The van der Waals surface area contributed by atoms with Gasteiger partial charge in [0.2, 0.25) is 0 Å². The van der Waals surface area contributed by atoms with Crippen LogP contribution in [0.3, 0.4) is 0 Å². The lowest BCUT2D eigenvalue weighted by Crippen LogP contribution is -2.69. The standard InChI is InChI=1S/C9H12NO6P/c10-8(9(11)12)5-6-1-3-7(4-2-6)16-17(13,14)15/h1-4,8H,5,10H2,(H,11,12)(H2,13,14,15)/p-2/t8-/m1/s1. The lowest BCUT2D eigenvalue weighted by Gasteiger charge is -2.29. The summed E-state index contributed by atoms with van der Waals surface area (Å²) in [6.45, 7) is 0. The maximum Gasteiger partial charge on any atom is 0.129 e. The number of carbonyl (C=O) groups excluding carboxylic acids is 1. The summed E-state index contributed by atoms with van der Waals surface area (Å²) in [6, 6.07) is 4.53. The molecule has 0 amide bonds. The van der Waals surface area contributed by atoms with Gasteiger partial charge in [0.1, 0.15) is 19.6 Å². The molecule has 94 valence electrons. The summed E-state index contributed by atoms with van der Waals surface area (Å²) in [4.78, 5) is 31.1. The van der Waals surface area contributed by atoms with Crippen LogP contribution in [0.5, 0.6) is 5.75 Å². The molecule has 0 saturated carbocycles. The first kappa shape index (κ1) is 13.7. The van der Waals surface area contributed by atoms with E-state index in [1.54, 1.807) is 0 Å². The summed E-state index contributed by atoms with van der Waals surface area (Å²) in [5.74, 6) is -1.38. The van der Waals surface area contributed by atoms with E-state index in [4.69, 9.17) is 0 Å². The fourth-order valence-electron chi connectivity index (χ4n) is 1.18. The van der Waals surface area contributed by atoms with E-state index in [9.17, 15) is 24.3 Å². The van der Waals surface area contributed by atoms with Crippen LogP contribution >= 0.6 is 7.82 Å². The third-order valence-electron chi connectivity index (χ3n) is 1.96. The number of carbonyl (C=O) groups is 1. The number of aliphatic carboxylic acids is 1. The molecule has 8 heteroatoms. The zero-order chi connectivity index (χ0) is 13.1. The molecule has 1 aromatic carbocycles. The van der Waals surface area contributed by atoms with E-state index in [0.717, 1.165) is 0 Å². The molecular formula is C9H10NO6P-2. The predicted octanol–water partition coefficient (Wildman–Crippen LogP) is -3.20. The number of rotatable bonds is 5. The van der Waals surface area contributed by atoms with Crippen LogP contribution in [0.15, 0.2) is 24.3 Å². The zero-order valence-corrected chi connectivity index (χ0v) is 9.59. The number of hydrogen-bond donors (Lipinski definition) is 1. The Morgan fingerprint density at radius 2 is 1.88 bits per heavy atom. The Labute approximate surface area is 97.1 Å².